The van der Waals surface area contributed by atoms with E-state index >= 15 is 0 Å². The number of nitrogens with zero attached hydrogens (tertiary/aromatic N) is 4. The van der Waals surface area contributed by atoms with Crippen LogP contribution in [0.2, 0.25) is 0 Å². The van der Waals surface area contributed by atoms with E-state index in [0.717, 1.165) is 6.07 Å². The molecular formula is C22H22F3N5O3. The SMILES string of the molecule is Cc1c(C(=O)Nc2ccc([C@]3(O)CC[C@@H](O)CC3)nc2)cnn1-c1ccc(C(F)(F)F)cn1. The minimum atomic E-state index is -4.49. The van der Waals surface area contributed by atoms with Crippen molar-refractivity contribution in [1.82, 2.24) is 19.7 Å². The number of hydrogen-bond donors (Lipinski definition) is 3. The van der Waals surface area contributed by atoms with Crippen molar-refractivity contribution in [2.75, 3.05) is 5.32 Å². The van der Waals surface area contributed by atoms with Crippen LogP contribution < -0.4 is 5.32 Å². The average molecular weight is 461 g/mol. The highest BCUT2D eigenvalue weighted by molar-refractivity contribution is 6.04. The molecule has 0 bridgehead atoms. The molecule has 8 nitrogen and oxygen atoms in total. The van der Waals surface area contributed by atoms with Gasteiger partial charge in [0.2, 0.25) is 0 Å². The summed E-state index contributed by atoms with van der Waals surface area (Å²) in [5.41, 5.74) is -0.472. The molecule has 3 N–H and O–H groups in total. The summed E-state index contributed by atoms with van der Waals surface area (Å²) in [5.74, 6) is -0.323. The van der Waals surface area contributed by atoms with Crippen molar-refractivity contribution in [2.24, 2.45) is 0 Å². The molecule has 0 unspecified atom stereocenters. The number of nitrogens with one attached hydrogen (secondary N) is 1. The minimum absolute atomic E-state index is 0.149. The largest absolute Gasteiger partial charge is 0.417 e. The molecule has 0 aromatic carbocycles. The van der Waals surface area contributed by atoms with Gasteiger partial charge in [0.1, 0.15) is 5.60 Å². The highest BCUT2D eigenvalue weighted by atomic mass is 19.4. The van der Waals surface area contributed by atoms with Gasteiger partial charge in [0.15, 0.2) is 5.82 Å². The van der Waals surface area contributed by atoms with E-state index < -0.39 is 29.4 Å². The molecule has 1 amide bonds. The van der Waals surface area contributed by atoms with Gasteiger partial charge < -0.3 is 15.5 Å². The number of pyridine rings is 2. The monoisotopic (exact) mass is 461 g/mol. The van der Waals surface area contributed by atoms with E-state index in [-0.39, 0.29) is 11.4 Å². The van der Waals surface area contributed by atoms with Crippen LogP contribution in [0.3, 0.4) is 0 Å². The molecule has 0 atom stereocenters. The van der Waals surface area contributed by atoms with Gasteiger partial charge in [-0.3, -0.25) is 9.78 Å². The Morgan fingerprint density at radius 2 is 1.85 bits per heavy atom. The van der Waals surface area contributed by atoms with Gasteiger partial charge in [-0.2, -0.15) is 18.3 Å². The highest BCUT2D eigenvalue weighted by Gasteiger charge is 2.35. The molecule has 1 fully saturated rings. The molecule has 3 aromatic rings. The van der Waals surface area contributed by atoms with Crippen LogP contribution in [0.4, 0.5) is 18.9 Å². The van der Waals surface area contributed by atoms with Crippen molar-refractivity contribution in [3.05, 3.63) is 65.4 Å². The maximum atomic E-state index is 12.7. The van der Waals surface area contributed by atoms with Crippen LogP contribution in [-0.2, 0) is 11.8 Å². The smallest absolute Gasteiger partial charge is 0.393 e. The van der Waals surface area contributed by atoms with E-state index in [4.69, 9.17) is 0 Å². The molecular weight excluding hydrogens is 439 g/mol. The first-order chi connectivity index (χ1) is 15.6. The number of halogens is 3. The summed E-state index contributed by atoms with van der Waals surface area (Å²) >= 11 is 0. The Kier molecular flexibility index (Phi) is 5.93. The lowest BCUT2D eigenvalue weighted by atomic mass is 9.81. The number of anilines is 1. The van der Waals surface area contributed by atoms with Gasteiger partial charge in [-0.15, -0.1) is 0 Å². The quantitative estimate of drug-likeness (QED) is 0.549. The fourth-order valence-corrected chi connectivity index (χ4v) is 3.82. The number of aliphatic hydroxyl groups excluding tert-OH is 1. The van der Waals surface area contributed by atoms with Gasteiger partial charge in [-0.1, -0.05) is 0 Å². The molecule has 1 aliphatic carbocycles. The minimum Gasteiger partial charge on any atom is -0.393 e. The molecule has 11 heteroatoms. The fraction of sp³-hybridized carbons (Fsp3) is 0.364. The van der Waals surface area contributed by atoms with Gasteiger partial charge in [-0.05, 0) is 56.9 Å². The lowest BCUT2D eigenvalue weighted by Crippen LogP contribution is -2.34. The summed E-state index contributed by atoms with van der Waals surface area (Å²) in [4.78, 5) is 20.8. The number of aliphatic hydroxyl groups is 2. The molecule has 3 aromatic heterocycles. The number of rotatable bonds is 4. The Bertz CT molecular complexity index is 1140. The fourth-order valence-electron chi connectivity index (χ4n) is 3.82. The second-order valence-electron chi connectivity index (χ2n) is 8.11. The summed E-state index contributed by atoms with van der Waals surface area (Å²) in [6.45, 7) is 1.61. The van der Waals surface area contributed by atoms with Gasteiger partial charge in [0.05, 0.1) is 46.7 Å². The molecule has 0 radical (unpaired) electrons. The van der Waals surface area contributed by atoms with Crippen molar-refractivity contribution in [3.63, 3.8) is 0 Å². The van der Waals surface area contributed by atoms with E-state index in [2.05, 4.69) is 20.4 Å². The summed E-state index contributed by atoms with van der Waals surface area (Å²) in [7, 11) is 0. The van der Waals surface area contributed by atoms with Crippen molar-refractivity contribution < 1.29 is 28.2 Å². The molecule has 3 heterocycles. The first kappa shape index (κ1) is 22.9. The molecule has 1 saturated carbocycles. The Balaban J connectivity index is 1.47. The zero-order valence-corrected chi connectivity index (χ0v) is 17.7. The molecule has 174 valence electrons. The number of hydrogen-bond acceptors (Lipinski definition) is 6. The molecule has 33 heavy (non-hydrogen) atoms. The molecule has 1 aliphatic rings. The van der Waals surface area contributed by atoms with Crippen LogP contribution in [0.15, 0.2) is 42.9 Å². The predicted octanol–water partition coefficient (Wildman–Crippen LogP) is 3.36. The Labute approximate surface area is 187 Å². The molecule has 4 rings (SSSR count). The number of carbonyl (C=O) groups excluding carboxylic acids is 1. The van der Waals surface area contributed by atoms with Crippen molar-refractivity contribution in [3.8, 4) is 5.82 Å². The van der Waals surface area contributed by atoms with Crippen LogP contribution in [0.5, 0.6) is 0 Å². The third-order valence-corrected chi connectivity index (χ3v) is 5.83. The van der Waals surface area contributed by atoms with Crippen LogP contribution in [-0.4, -0.2) is 42.0 Å². The Hall–Kier alpha value is -3.31. The highest BCUT2D eigenvalue weighted by Crippen LogP contribution is 2.36. The second-order valence-corrected chi connectivity index (χ2v) is 8.11. The van der Waals surface area contributed by atoms with Crippen LogP contribution in [0.1, 0.15) is 53.0 Å². The first-order valence-corrected chi connectivity index (χ1v) is 10.3. The predicted molar refractivity (Wildman–Crippen MR) is 112 cm³/mol. The zero-order chi connectivity index (χ0) is 23.8. The van der Waals surface area contributed by atoms with E-state index in [0.29, 0.717) is 49.0 Å². The van der Waals surface area contributed by atoms with Crippen LogP contribution in [0.25, 0.3) is 5.82 Å². The summed E-state index contributed by atoms with van der Waals surface area (Å²) in [6, 6.07) is 5.34. The van der Waals surface area contributed by atoms with Crippen LogP contribution >= 0.6 is 0 Å². The van der Waals surface area contributed by atoms with Gasteiger partial charge in [-0.25, -0.2) is 9.67 Å². The first-order valence-electron chi connectivity index (χ1n) is 10.3. The molecule has 0 aliphatic heterocycles. The van der Waals surface area contributed by atoms with E-state index in [1.165, 1.54) is 23.1 Å². The van der Waals surface area contributed by atoms with E-state index in [1.54, 1.807) is 19.1 Å². The number of amides is 1. The van der Waals surface area contributed by atoms with Gasteiger partial charge in [0.25, 0.3) is 5.91 Å². The van der Waals surface area contributed by atoms with E-state index in [1.807, 2.05) is 0 Å². The van der Waals surface area contributed by atoms with Crippen LogP contribution in [0, 0.1) is 6.92 Å². The number of aromatic nitrogens is 4. The Morgan fingerprint density at radius 3 is 2.42 bits per heavy atom. The summed E-state index contributed by atoms with van der Waals surface area (Å²) < 4.78 is 39.5. The summed E-state index contributed by atoms with van der Waals surface area (Å²) in [6.07, 6.45) is 0.353. The normalized spacial score (nSPS) is 21.1. The average Bonchev–Trinajstić information content (AvgIpc) is 3.17. The van der Waals surface area contributed by atoms with Crippen molar-refractivity contribution in [1.29, 1.82) is 0 Å². The van der Waals surface area contributed by atoms with Crippen molar-refractivity contribution in [2.45, 2.75) is 50.5 Å². The maximum Gasteiger partial charge on any atom is 0.417 e. The zero-order valence-electron chi connectivity index (χ0n) is 17.7. The second kappa shape index (κ2) is 8.56. The number of carbonyl (C=O) groups is 1. The Morgan fingerprint density at radius 1 is 1.12 bits per heavy atom. The lowest BCUT2D eigenvalue weighted by molar-refractivity contribution is -0.137. The molecule has 0 saturated heterocycles. The standard InChI is InChI=1S/C22H22F3N5O3/c1-13-17(12-28-30(13)19-5-2-14(10-27-19)22(23,24)25)20(32)29-15-3-4-18(26-11-15)21(33)8-6-16(31)7-9-21/h2-5,10-12,16,31,33H,6-9H2,1H3,(H,29,32)/t16-,21+. The van der Waals surface area contributed by atoms with Crippen molar-refractivity contribution >= 4 is 11.6 Å². The third-order valence-electron chi connectivity index (χ3n) is 5.83. The van der Waals surface area contributed by atoms with Gasteiger partial charge in [0, 0.05) is 6.20 Å². The topological polar surface area (TPSA) is 113 Å². The molecule has 0 spiro atoms. The number of alkyl halides is 3. The maximum absolute atomic E-state index is 12.7. The van der Waals surface area contributed by atoms with E-state index in [9.17, 15) is 28.2 Å². The lowest BCUT2D eigenvalue weighted by Gasteiger charge is -2.33. The summed E-state index contributed by atoms with van der Waals surface area (Å²) in [5, 5.41) is 27.2. The third kappa shape index (κ3) is 4.74. The van der Waals surface area contributed by atoms with Gasteiger partial charge >= 0.3 is 6.18 Å².